The largest absolute Gasteiger partial charge is 0.377 e. The van der Waals surface area contributed by atoms with E-state index in [-0.39, 0.29) is 0 Å². The Kier molecular flexibility index (Phi) is 7.49. The van der Waals surface area contributed by atoms with Crippen molar-refractivity contribution in [2.24, 2.45) is 5.92 Å². The van der Waals surface area contributed by atoms with Gasteiger partial charge in [0.2, 0.25) is 0 Å². The summed E-state index contributed by atoms with van der Waals surface area (Å²) in [6.07, 6.45) is 4.28. The van der Waals surface area contributed by atoms with Gasteiger partial charge in [0.25, 0.3) is 0 Å². The summed E-state index contributed by atoms with van der Waals surface area (Å²) in [6, 6.07) is 0. The molecule has 2 nitrogen and oxygen atoms in total. The molecule has 0 amide bonds. The molecule has 1 fully saturated rings. The first-order chi connectivity index (χ1) is 7.33. The van der Waals surface area contributed by atoms with E-state index < -0.39 is 0 Å². The van der Waals surface area contributed by atoms with Crippen LogP contribution in [0.25, 0.3) is 0 Å². The van der Waals surface area contributed by atoms with E-state index in [2.05, 4.69) is 30.9 Å². The third-order valence-electron chi connectivity index (χ3n) is 2.92. The van der Waals surface area contributed by atoms with Crippen molar-refractivity contribution < 1.29 is 4.74 Å². The van der Waals surface area contributed by atoms with Crippen LogP contribution >= 0.6 is 11.8 Å². The molecule has 1 aliphatic heterocycles. The average molecular weight is 231 g/mol. The van der Waals surface area contributed by atoms with Gasteiger partial charge in [0.1, 0.15) is 0 Å². The second-order valence-corrected chi connectivity index (χ2v) is 5.58. The van der Waals surface area contributed by atoms with E-state index in [9.17, 15) is 0 Å². The predicted octanol–water partition coefficient (Wildman–Crippen LogP) is 2.53. The van der Waals surface area contributed by atoms with Crippen LogP contribution in [0.2, 0.25) is 0 Å². The summed E-state index contributed by atoms with van der Waals surface area (Å²) in [5.41, 5.74) is 0. The van der Waals surface area contributed by atoms with E-state index in [0.717, 1.165) is 25.6 Å². The highest BCUT2D eigenvalue weighted by molar-refractivity contribution is 7.99. The maximum absolute atomic E-state index is 5.55. The zero-order chi connectivity index (χ0) is 10.9. The number of ether oxygens (including phenoxy) is 1. The monoisotopic (exact) mass is 231 g/mol. The fraction of sp³-hybridized carbons (Fsp3) is 1.00. The van der Waals surface area contributed by atoms with Crippen LogP contribution < -0.4 is 5.32 Å². The normalized spacial score (nSPS) is 23.2. The Labute approximate surface area is 98.5 Å². The average Bonchev–Trinajstić information content (AvgIpc) is 2.75. The van der Waals surface area contributed by atoms with Gasteiger partial charge in [0, 0.05) is 25.4 Å². The van der Waals surface area contributed by atoms with Gasteiger partial charge in [0.15, 0.2) is 0 Å². The molecule has 0 aliphatic carbocycles. The molecule has 1 rings (SSSR count). The number of hydrogen-bond acceptors (Lipinski definition) is 3. The fourth-order valence-electron chi connectivity index (χ4n) is 1.62. The molecule has 1 heterocycles. The maximum atomic E-state index is 5.55. The minimum Gasteiger partial charge on any atom is -0.377 e. The van der Waals surface area contributed by atoms with Gasteiger partial charge < -0.3 is 10.1 Å². The molecular weight excluding hydrogens is 206 g/mol. The van der Waals surface area contributed by atoms with Gasteiger partial charge in [-0.2, -0.15) is 11.8 Å². The molecule has 2 unspecified atom stereocenters. The zero-order valence-corrected chi connectivity index (χ0v) is 10.9. The van der Waals surface area contributed by atoms with E-state index in [0.29, 0.717) is 6.10 Å². The number of rotatable bonds is 8. The lowest BCUT2D eigenvalue weighted by Crippen LogP contribution is -2.28. The molecule has 15 heavy (non-hydrogen) atoms. The van der Waals surface area contributed by atoms with Gasteiger partial charge >= 0.3 is 0 Å². The van der Waals surface area contributed by atoms with E-state index in [1.165, 1.54) is 30.8 Å². The predicted molar refractivity (Wildman–Crippen MR) is 68.6 cm³/mol. The molecule has 0 bridgehead atoms. The quantitative estimate of drug-likeness (QED) is 0.649. The van der Waals surface area contributed by atoms with Crippen LogP contribution in [-0.4, -0.2) is 37.3 Å². The van der Waals surface area contributed by atoms with Gasteiger partial charge in [-0.15, -0.1) is 0 Å². The molecule has 90 valence electrons. The van der Waals surface area contributed by atoms with E-state index in [1.54, 1.807) is 0 Å². The molecule has 0 spiro atoms. The third-order valence-corrected chi connectivity index (χ3v) is 4.22. The Hall–Kier alpha value is 0.270. The van der Waals surface area contributed by atoms with Gasteiger partial charge in [-0.3, -0.25) is 0 Å². The van der Waals surface area contributed by atoms with Gasteiger partial charge in [0.05, 0.1) is 6.10 Å². The molecule has 2 atom stereocenters. The Morgan fingerprint density at radius 1 is 1.53 bits per heavy atom. The first-order valence-corrected chi connectivity index (χ1v) is 7.38. The second-order valence-electron chi connectivity index (χ2n) is 4.43. The van der Waals surface area contributed by atoms with Gasteiger partial charge in [-0.05, 0) is 24.5 Å². The van der Waals surface area contributed by atoms with E-state index in [1.807, 2.05) is 0 Å². The fourth-order valence-corrected chi connectivity index (χ4v) is 2.71. The van der Waals surface area contributed by atoms with Crippen molar-refractivity contribution in [1.82, 2.24) is 5.32 Å². The van der Waals surface area contributed by atoms with Gasteiger partial charge in [-0.25, -0.2) is 0 Å². The van der Waals surface area contributed by atoms with Crippen LogP contribution in [-0.2, 0) is 4.74 Å². The van der Waals surface area contributed by atoms with Crippen molar-refractivity contribution in [1.29, 1.82) is 0 Å². The summed E-state index contributed by atoms with van der Waals surface area (Å²) in [5.74, 6) is 3.41. The van der Waals surface area contributed by atoms with Crippen LogP contribution in [0.4, 0.5) is 0 Å². The Morgan fingerprint density at radius 2 is 2.40 bits per heavy atom. The molecule has 0 radical (unpaired) electrons. The van der Waals surface area contributed by atoms with E-state index >= 15 is 0 Å². The summed E-state index contributed by atoms with van der Waals surface area (Å²) in [6.45, 7) is 7.73. The summed E-state index contributed by atoms with van der Waals surface area (Å²) in [5, 5.41) is 3.47. The first kappa shape index (κ1) is 13.3. The van der Waals surface area contributed by atoms with Crippen molar-refractivity contribution >= 4 is 11.8 Å². The summed E-state index contributed by atoms with van der Waals surface area (Å²) >= 11 is 2.07. The molecule has 0 aromatic heterocycles. The molecule has 0 saturated carbocycles. The highest BCUT2D eigenvalue weighted by Crippen LogP contribution is 2.11. The van der Waals surface area contributed by atoms with Crippen LogP contribution in [0, 0.1) is 5.92 Å². The molecule has 3 heteroatoms. The summed E-state index contributed by atoms with van der Waals surface area (Å²) in [7, 11) is 0. The highest BCUT2D eigenvalue weighted by Gasteiger charge is 2.13. The number of nitrogens with one attached hydrogen (secondary N) is 1. The smallest absolute Gasteiger partial charge is 0.0700 e. The summed E-state index contributed by atoms with van der Waals surface area (Å²) < 4.78 is 5.55. The number of thioether (sulfide) groups is 1. The van der Waals surface area contributed by atoms with Crippen molar-refractivity contribution in [3.8, 4) is 0 Å². The molecular formula is C12H25NOS. The Balaban J connectivity index is 1.80. The summed E-state index contributed by atoms with van der Waals surface area (Å²) in [4.78, 5) is 0. The Bertz CT molecular complexity index is 149. The zero-order valence-electron chi connectivity index (χ0n) is 10.1. The van der Waals surface area contributed by atoms with Crippen molar-refractivity contribution in [2.45, 2.75) is 39.2 Å². The molecule has 1 aliphatic rings. The second kappa shape index (κ2) is 8.43. The topological polar surface area (TPSA) is 21.3 Å². The first-order valence-electron chi connectivity index (χ1n) is 6.23. The van der Waals surface area contributed by atoms with Crippen LogP contribution in [0.1, 0.15) is 33.1 Å². The highest BCUT2D eigenvalue weighted by atomic mass is 32.2. The Morgan fingerprint density at radius 3 is 3.07 bits per heavy atom. The SMILES string of the molecule is CCC(C)CSCCNCC1CCCO1. The molecule has 0 aromatic carbocycles. The maximum Gasteiger partial charge on any atom is 0.0700 e. The molecule has 1 saturated heterocycles. The van der Waals surface area contributed by atoms with Crippen LogP contribution in [0.5, 0.6) is 0 Å². The molecule has 1 N–H and O–H groups in total. The molecule has 0 aromatic rings. The lowest BCUT2D eigenvalue weighted by molar-refractivity contribution is 0.110. The van der Waals surface area contributed by atoms with E-state index in [4.69, 9.17) is 4.74 Å². The lowest BCUT2D eigenvalue weighted by Gasteiger charge is -2.11. The third kappa shape index (κ3) is 6.44. The van der Waals surface area contributed by atoms with Crippen molar-refractivity contribution in [3.63, 3.8) is 0 Å². The van der Waals surface area contributed by atoms with Crippen LogP contribution in [0.15, 0.2) is 0 Å². The number of hydrogen-bond donors (Lipinski definition) is 1. The van der Waals surface area contributed by atoms with Gasteiger partial charge in [-0.1, -0.05) is 20.3 Å². The lowest BCUT2D eigenvalue weighted by atomic mass is 10.2. The van der Waals surface area contributed by atoms with Crippen molar-refractivity contribution in [3.05, 3.63) is 0 Å². The minimum absolute atomic E-state index is 0.490. The minimum atomic E-state index is 0.490. The van der Waals surface area contributed by atoms with Crippen molar-refractivity contribution in [2.75, 3.05) is 31.2 Å². The standard InChI is InChI=1S/C12H25NOS/c1-3-11(2)10-15-8-6-13-9-12-5-4-7-14-12/h11-13H,3-10H2,1-2H3. The van der Waals surface area contributed by atoms with Crippen LogP contribution in [0.3, 0.4) is 0 Å².